The number of rotatable bonds is 3. The highest BCUT2D eigenvalue weighted by Gasteiger charge is 2.40. The summed E-state index contributed by atoms with van der Waals surface area (Å²) in [7, 11) is -3.87. The van der Waals surface area contributed by atoms with Gasteiger partial charge in [-0.2, -0.15) is 9.57 Å². The first-order chi connectivity index (χ1) is 8.86. The molecule has 0 bridgehead atoms. The summed E-state index contributed by atoms with van der Waals surface area (Å²) in [6.45, 7) is -0.228. The number of aliphatic carboxylic acids is 1. The van der Waals surface area contributed by atoms with Gasteiger partial charge < -0.3 is 5.11 Å². The summed E-state index contributed by atoms with van der Waals surface area (Å²) in [6, 6.07) is 4.46. The van der Waals surface area contributed by atoms with E-state index in [1.54, 1.807) is 6.07 Å². The van der Waals surface area contributed by atoms with E-state index in [1.165, 1.54) is 0 Å². The SMILES string of the molecule is N#Cc1cc(S(=O)(=O)N2CC(C(=O)O)C2)ccc1F. The number of carboxylic acids is 1. The Labute approximate surface area is 108 Å². The zero-order chi connectivity index (χ0) is 14.2. The molecule has 1 N–H and O–H groups in total. The van der Waals surface area contributed by atoms with E-state index in [2.05, 4.69) is 0 Å². The average Bonchev–Trinajstić information content (AvgIpc) is 2.26. The number of hydrogen-bond donors (Lipinski definition) is 1. The third-order valence-corrected chi connectivity index (χ3v) is 4.72. The molecule has 19 heavy (non-hydrogen) atoms. The van der Waals surface area contributed by atoms with Gasteiger partial charge in [0.15, 0.2) is 0 Å². The van der Waals surface area contributed by atoms with Crippen molar-refractivity contribution in [3.63, 3.8) is 0 Å². The van der Waals surface area contributed by atoms with Crippen molar-refractivity contribution in [1.29, 1.82) is 5.26 Å². The molecule has 1 fully saturated rings. The van der Waals surface area contributed by atoms with Crippen molar-refractivity contribution in [2.75, 3.05) is 13.1 Å². The zero-order valence-electron chi connectivity index (χ0n) is 9.58. The summed E-state index contributed by atoms with van der Waals surface area (Å²) >= 11 is 0. The van der Waals surface area contributed by atoms with Gasteiger partial charge in [0.25, 0.3) is 0 Å². The van der Waals surface area contributed by atoms with Crippen molar-refractivity contribution in [2.24, 2.45) is 5.92 Å². The molecule has 0 spiro atoms. The van der Waals surface area contributed by atoms with Crippen molar-refractivity contribution in [1.82, 2.24) is 4.31 Å². The molecular weight excluding hydrogens is 275 g/mol. The predicted octanol–water partition coefficient (Wildman–Crippen LogP) is 0.402. The smallest absolute Gasteiger partial charge is 0.309 e. The fraction of sp³-hybridized carbons (Fsp3) is 0.273. The summed E-state index contributed by atoms with van der Waals surface area (Å²) < 4.78 is 38.2. The van der Waals surface area contributed by atoms with Crippen molar-refractivity contribution >= 4 is 16.0 Å². The highest BCUT2D eigenvalue weighted by molar-refractivity contribution is 7.89. The molecule has 2 rings (SSSR count). The van der Waals surface area contributed by atoms with Gasteiger partial charge in [0.2, 0.25) is 10.0 Å². The third-order valence-electron chi connectivity index (χ3n) is 2.89. The molecule has 6 nitrogen and oxygen atoms in total. The van der Waals surface area contributed by atoms with Crippen LogP contribution in [0.4, 0.5) is 4.39 Å². The number of carboxylic acid groups (broad SMARTS) is 1. The first-order valence-electron chi connectivity index (χ1n) is 5.29. The number of halogens is 1. The molecule has 1 aliphatic rings. The lowest BCUT2D eigenvalue weighted by Crippen LogP contribution is -2.52. The summed E-state index contributed by atoms with van der Waals surface area (Å²) in [5.74, 6) is -2.57. The largest absolute Gasteiger partial charge is 0.481 e. The Balaban J connectivity index is 2.27. The molecule has 0 saturated carbocycles. The lowest BCUT2D eigenvalue weighted by molar-refractivity contribution is -0.145. The lowest BCUT2D eigenvalue weighted by atomic mass is 10.0. The van der Waals surface area contributed by atoms with E-state index < -0.39 is 27.7 Å². The van der Waals surface area contributed by atoms with Crippen LogP contribution >= 0.6 is 0 Å². The van der Waals surface area contributed by atoms with Crippen LogP contribution < -0.4 is 0 Å². The van der Waals surface area contributed by atoms with Gasteiger partial charge in [-0.05, 0) is 18.2 Å². The maximum Gasteiger partial charge on any atom is 0.309 e. The maximum absolute atomic E-state index is 13.1. The number of carbonyl (C=O) groups is 1. The Kier molecular flexibility index (Phi) is 3.26. The highest BCUT2D eigenvalue weighted by atomic mass is 32.2. The highest BCUT2D eigenvalue weighted by Crippen LogP contribution is 2.26. The molecule has 1 aromatic rings. The second-order valence-electron chi connectivity index (χ2n) is 4.11. The van der Waals surface area contributed by atoms with E-state index in [1.807, 2.05) is 0 Å². The molecule has 0 amide bonds. The molecule has 1 heterocycles. The average molecular weight is 284 g/mol. The minimum atomic E-state index is -3.87. The number of hydrogen-bond acceptors (Lipinski definition) is 4. The first kappa shape index (κ1) is 13.5. The molecule has 100 valence electrons. The lowest BCUT2D eigenvalue weighted by Gasteiger charge is -2.35. The van der Waals surface area contributed by atoms with Crippen LogP contribution in [0.25, 0.3) is 0 Å². The van der Waals surface area contributed by atoms with Crippen LogP contribution in [0.2, 0.25) is 0 Å². The number of nitrogens with zero attached hydrogens (tertiary/aromatic N) is 2. The summed E-state index contributed by atoms with van der Waals surface area (Å²) in [5.41, 5.74) is -0.364. The molecule has 0 radical (unpaired) electrons. The minimum Gasteiger partial charge on any atom is -0.481 e. The van der Waals surface area contributed by atoms with Gasteiger partial charge in [-0.25, -0.2) is 12.8 Å². The van der Waals surface area contributed by atoms with Gasteiger partial charge >= 0.3 is 5.97 Å². The second kappa shape index (κ2) is 4.60. The third kappa shape index (κ3) is 2.30. The standard InChI is InChI=1S/C11H9FN2O4S/c12-10-2-1-9(3-7(10)4-13)19(17,18)14-5-8(6-14)11(15)16/h1-3,8H,5-6H2,(H,15,16). The van der Waals surface area contributed by atoms with Gasteiger partial charge in [0, 0.05) is 13.1 Å². The molecule has 1 aliphatic heterocycles. The van der Waals surface area contributed by atoms with Gasteiger partial charge in [0.05, 0.1) is 16.4 Å². The fourth-order valence-electron chi connectivity index (χ4n) is 1.69. The fourth-order valence-corrected chi connectivity index (χ4v) is 3.25. The zero-order valence-corrected chi connectivity index (χ0v) is 10.4. The molecular formula is C11H9FN2O4S. The van der Waals surface area contributed by atoms with Crippen LogP contribution in [0.15, 0.2) is 23.1 Å². The molecule has 0 aromatic heterocycles. The Morgan fingerprint density at radius 1 is 1.47 bits per heavy atom. The molecule has 8 heteroatoms. The van der Waals surface area contributed by atoms with Crippen LogP contribution in [-0.4, -0.2) is 36.9 Å². The van der Waals surface area contributed by atoms with Crippen LogP contribution in [-0.2, 0) is 14.8 Å². The normalized spacial score (nSPS) is 16.6. The number of benzene rings is 1. The number of sulfonamides is 1. The Hall–Kier alpha value is -1.98. The van der Waals surface area contributed by atoms with Gasteiger partial charge in [-0.3, -0.25) is 4.79 Å². The minimum absolute atomic E-state index is 0.114. The van der Waals surface area contributed by atoms with Gasteiger partial charge in [-0.1, -0.05) is 0 Å². The van der Waals surface area contributed by atoms with Crippen LogP contribution in [0.1, 0.15) is 5.56 Å². The van der Waals surface area contributed by atoms with E-state index >= 15 is 0 Å². The molecule has 1 aromatic carbocycles. The molecule has 1 saturated heterocycles. The van der Waals surface area contributed by atoms with E-state index in [-0.39, 0.29) is 23.5 Å². The second-order valence-corrected chi connectivity index (χ2v) is 6.05. The quantitative estimate of drug-likeness (QED) is 0.866. The maximum atomic E-state index is 13.1. The van der Waals surface area contributed by atoms with Crippen molar-refractivity contribution in [3.05, 3.63) is 29.6 Å². The van der Waals surface area contributed by atoms with Crippen molar-refractivity contribution < 1.29 is 22.7 Å². The molecule has 0 atom stereocenters. The topological polar surface area (TPSA) is 98.5 Å². The Bertz CT molecular complexity index is 674. The first-order valence-corrected chi connectivity index (χ1v) is 6.73. The Morgan fingerprint density at radius 3 is 2.63 bits per heavy atom. The van der Waals surface area contributed by atoms with E-state index in [0.717, 1.165) is 22.5 Å². The van der Waals surface area contributed by atoms with Crippen LogP contribution in [0.3, 0.4) is 0 Å². The van der Waals surface area contributed by atoms with Gasteiger partial charge in [-0.15, -0.1) is 0 Å². The van der Waals surface area contributed by atoms with Crippen LogP contribution in [0, 0.1) is 23.1 Å². The van der Waals surface area contributed by atoms with E-state index in [4.69, 9.17) is 10.4 Å². The monoisotopic (exact) mass is 284 g/mol. The molecule has 0 aliphatic carbocycles. The predicted molar refractivity (Wildman–Crippen MR) is 61.0 cm³/mol. The van der Waals surface area contributed by atoms with Crippen molar-refractivity contribution in [3.8, 4) is 6.07 Å². The summed E-state index contributed by atoms with van der Waals surface area (Å²) in [5, 5.41) is 17.3. The number of nitriles is 1. The Morgan fingerprint density at radius 2 is 2.11 bits per heavy atom. The van der Waals surface area contributed by atoms with Gasteiger partial charge in [0.1, 0.15) is 11.9 Å². The van der Waals surface area contributed by atoms with E-state index in [9.17, 15) is 17.6 Å². The summed E-state index contributed by atoms with van der Waals surface area (Å²) in [4.78, 5) is 10.4. The summed E-state index contributed by atoms with van der Waals surface area (Å²) in [6.07, 6.45) is 0. The molecule has 0 unspecified atom stereocenters. The van der Waals surface area contributed by atoms with Crippen LogP contribution in [0.5, 0.6) is 0 Å². The van der Waals surface area contributed by atoms with E-state index in [0.29, 0.717) is 0 Å². The van der Waals surface area contributed by atoms with Crippen molar-refractivity contribution in [2.45, 2.75) is 4.90 Å².